The minimum atomic E-state index is -1.05. The number of hydrogen-bond acceptors (Lipinski definition) is 6. The average molecular weight is 244 g/mol. The molecule has 0 heterocycles. The van der Waals surface area contributed by atoms with E-state index in [4.69, 9.17) is 0 Å². The first-order valence-corrected chi connectivity index (χ1v) is 4.33. The zero-order chi connectivity index (χ0) is 12.6. The van der Waals surface area contributed by atoms with Gasteiger partial charge in [0.1, 0.15) is 0 Å². The predicted octanol–water partition coefficient (Wildman–Crippen LogP) is -0.202. The molecule has 0 aromatic heterocycles. The average Bonchev–Trinajstić information content (AvgIpc) is 2.23. The van der Waals surface area contributed by atoms with Gasteiger partial charge in [-0.3, -0.25) is 4.79 Å². The first kappa shape index (κ1) is 14.1. The Bertz CT molecular complexity index is 368. The number of rotatable bonds is 4. The molecule has 16 heavy (non-hydrogen) atoms. The Kier molecular flexibility index (Phi) is 6.53. The maximum absolute atomic E-state index is 10.8. The maximum Gasteiger partial charge on any atom is 0.338 e. The number of thiol groups is 1. The Morgan fingerprint density at radius 3 is 1.75 bits per heavy atom. The quantitative estimate of drug-likeness (QED) is 0.319. The predicted molar refractivity (Wildman–Crippen MR) is 55.4 cm³/mol. The van der Waals surface area contributed by atoms with Gasteiger partial charge in [-0.25, -0.2) is 14.4 Å². The van der Waals surface area contributed by atoms with Gasteiger partial charge in [-0.2, -0.15) is 0 Å². The number of ether oxygens (including phenoxy) is 2. The Morgan fingerprint density at radius 2 is 1.31 bits per heavy atom. The number of hydrogen-bond donors (Lipinski definition) is 1. The van der Waals surface area contributed by atoms with Gasteiger partial charge in [0.2, 0.25) is 5.12 Å². The van der Waals surface area contributed by atoms with Gasteiger partial charge in [-0.15, -0.1) is 12.6 Å². The Labute approximate surface area is 96.3 Å². The van der Waals surface area contributed by atoms with Crippen molar-refractivity contribution in [1.82, 2.24) is 0 Å². The van der Waals surface area contributed by atoms with Gasteiger partial charge in [0, 0.05) is 18.2 Å². The van der Waals surface area contributed by atoms with Crippen molar-refractivity contribution in [2.24, 2.45) is 0 Å². The normalized spacial score (nSPS) is 10.4. The Balaban J connectivity index is 4.16. The third-order valence-electron chi connectivity index (χ3n) is 1.12. The van der Waals surface area contributed by atoms with E-state index in [0.29, 0.717) is 0 Å². The van der Waals surface area contributed by atoms with Gasteiger partial charge in [-0.1, -0.05) is 0 Å². The highest BCUT2D eigenvalue weighted by molar-refractivity contribution is 7.97. The highest BCUT2D eigenvalue weighted by Crippen LogP contribution is 1.89. The fraction of sp³-hybridized carbons (Fsp3) is 0.111. The molecule has 0 aliphatic rings. The third kappa shape index (κ3) is 7.51. The highest BCUT2D eigenvalue weighted by atomic mass is 32.1. The topological polar surface area (TPSA) is 86.7 Å². The summed E-state index contributed by atoms with van der Waals surface area (Å²) >= 11 is 3.35. The fourth-order valence-corrected chi connectivity index (χ4v) is 0.585. The summed E-state index contributed by atoms with van der Waals surface area (Å²) in [5.74, 6) is -2.85. The lowest BCUT2D eigenvalue weighted by atomic mass is 10.5. The van der Waals surface area contributed by atoms with Crippen molar-refractivity contribution >= 4 is 35.7 Å². The molecule has 0 amide bonds. The van der Waals surface area contributed by atoms with Gasteiger partial charge in [-0.05, 0) is 6.08 Å². The monoisotopic (exact) mass is 244 g/mol. The van der Waals surface area contributed by atoms with E-state index in [2.05, 4.69) is 22.1 Å². The van der Waals surface area contributed by atoms with Crippen LogP contribution in [0.3, 0.4) is 0 Å². The molecule has 0 saturated heterocycles. The van der Waals surface area contributed by atoms with E-state index in [-0.39, 0.29) is 0 Å². The molecule has 0 radical (unpaired) electrons. The van der Waals surface area contributed by atoms with Crippen LogP contribution < -0.4 is 0 Å². The maximum atomic E-state index is 10.8. The van der Waals surface area contributed by atoms with Gasteiger partial charge in [0.15, 0.2) is 0 Å². The zero-order valence-corrected chi connectivity index (χ0v) is 9.10. The van der Waals surface area contributed by atoms with Crippen molar-refractivity contribution in [1.29, 1.82) is 0 Å². The molecule has 0 spiro atoms. The van der Waals surface area contributed by atoms with Crippen molar-refractivity contribution in [3.05, 3.63) is 24.3 Å². The van der Waals surface area contributed by atoms with Gasteiger partial charge < -0.3 is 9.47 Å². The fourth-order valence-electron chi connectivity index (χ4n) is 0.511. The molecule has 0 unspecified atom stereocenters. The number of methoxy groups -OCH3 is 1. The Hall–Kier alpha value is -1.89. The van der Waals surface area contributed by atoms with Crippen LogP contribution in [0.5, 0.6) is 0 Å². The molecule has 0 saturated carbocycles. The van der Waals surface area contributed by atoms with Gasteiger partial charge >= 0.3 is 17.9 Å². The molecule has 0 fully saturated rings. The standard InChI is InChI=1S/C9H8O6S/c1-14-6(10)2-3-7(11)15-8(12)4-5-9(13)16/h2-5H,1H3,(H,13,16). The van der Waals surface area contributed by atoms with Crippen molar-refractivity contribution in [2.45, 2.75) is 0 Å². The molecular formula is C9H8O6S. The first-order chi connectivity index (χ1) is 7.45. The first-order valence-electron chi connectivity index (χ1n) is 3.88. The summed E-state index contributed by atoms with van der Waals surface area (Å²) in [5.41, 5.74) is 0. The van der Waals surface area contributed by atoms with Crippen LogP contribution in [0.25, 0.3) is 0 Å². The second-order valence-corrected chi connectivity index (χ2v) is 2.71. The molecule has 0 rings (SSSR count). The smallest absolute Gasteiger partial charge is 0.338 e. The van der Waals surface area contributed by atoms with E-state index in [0.717, 1.165) is 31.4 Å². The molecule has 0 atom stereocenters. The molecule has 7 heteroatoms. The minimum Gasteiger partial charge on any atom is -0.466 e. The van der Waals surface area contributed by atoms with Crippen LogP contribution in [0, 0.1) is 0 Å². The minimum absolute atomic E-state index is 0.658. The van der Waals surface area contributed by atoms with Crippen LogP contribution in [-0.2, 0) is 28.7 Å². The number of carbonyl (C=O) groups excluding carboxylic acids is 4. The summed E-state index contributed by atoms with van der Waals surface area (Å²) in [7, 11) is 1.13. The molecule has 6 nitrogen and oxygen atoms in total. The summed E-state index contributed by atoms with van der Waals surface area (Å²) < 4.78 is 8.35. The third-order valence-corrected chi connectivity index (χ3v) is 1.27. The summed E-state index contributed by atoms with van der Waals surface area (Å²) in [6.07, 6.45) is 3.07. The molecule has 0 N–H and O–H groups in total. The molecule has 0 aliphatic heterocycles. The van der Waals surface area contributed by atoms with Crippen molar-refractivity contribution < 1.29 is 28.7 Å². The van der Waals surface area contributed by atoms with Crippen molar-refractivity contribution in [3.8, 4) is 0 Å². The largest absolute Gasteiger partial charge is 0.466 e. The van der Waals surface area contributed by atoms with Crippen LogP contribution in [0.1, 0.15) is 0 Å². The van der Waals surface area contributed by atoms with Crippen LogP contribution >= 0.6 is 12.6 Å². The lowest BCUT2D eigenvalue weighted by Crippen LogP contribution is -2.08. The molecule has 86 valence electrons. The van der Waals surface area contributed by atoms with E-state index in [9.17, 15) is 19.2 Å². The lowest BCUT2D eigenvalue weighted by Gasteiger charge is -1.93. The van der Waals surface area contributed by atoms with Crippen LogP contribution in [0.15, 0.2) is 24.3 Å². The summed E-state index contributed by atoms with van der Waals surface area (Å²) in [6.45, 7) is 0. The van der Waals surface area contributed by atoms with E-state index in [1.165, 1.54) is 0 Å². The summed E-state index contributed by atoms with van der Waals surface area (Å²) in [5, 5.41) is -0.658. The highest BCUT2D eigenvalue weighted by Gasteiger charge is 2.04. The number of esters is 3. The number of carbonyl (C=O) groups is 4. The van der Waals surface area contributed by atoms with E-state index >= 15 is 0 Å². The van der Waals surface area contributed by atoms with E-state index < -0.39 is 23.0 Å². The van der Waals surface area contributed by atoms with E-state index in [1.54, 1.807) is 0 Å². The SMILES string of the molecule is COC(=O)C=CC(=O)OC(=O)C=CC(=O)S. The molecule has 0 aromatic carbocycles. The van der Waals surface area contributed by atoms with Crippen molar-refractivity contribution in [3.63, 3.8) is 0 Å². The van der Waals surface area contributed by atoms with Crippen LogP contribution in [0.4, 0.5) is 0 Å². The molecule has 0 aromatic rings. The van der Waals surface area contributed by atoms with Crippen LogP contribution in [-0.4, -0.2) is 30.1 Å². The summed E-state index contributed by atoms with van der Waals surface area (Å²) in [6, 6.07) is 0. The van der Waals surface area contributed by atoms with Crippen LogP contribution in [0.2, 0.25) is 0 Å². The van der Waals surface area contributed by atoms with Gasteiger partial charge in [0.25, 0.3) is 0 Å². The molecule has 0 bridgehead atoms. The second-order valence-electron chi connectivity index (χ2n) is 2.27. The zero-order valence-electron chi connectivity index (χ0n) is 8.21. The van der Waals surface area contributed by atoms with E-state index in [1.807, 2.05) is 0 Å². The Morgan fingerprint density at radius 1 is 0.875 bits per heavy atom. The van der Waals surface area contributed by atoms with Gasteiger partial charge in [0.05, 0.1) is 7.11 Å². The summed E-state index contributed by atoms with van der Waals surface area (Å²) in [4.78, 5) is 42.5. The molecular weight excluding hydrogens is 236 g/mol. The lowest BCUT2D eigenvalue weighted by molar-refractivity contribution is -0.152. The van der Waals surface area contributed by atoms with Crippen molar-refractivity contribution in [2.75, 3.05) is 7.11 Å². The second kappa shape index (κ2) is 7.41. The molecule has 0 aliphatic carbocycles.